The number of hydrogen-bond acceptors (Lipinski definition) is 26. The lowest BCUT2D eigenvalue weighted by Crippen LogP contribution is -2.71. The first-order valence-electron chi connectivity index (χ1n) is 45.8. The zero-order valence-corrected chi connectivity index (χ0v) is 79.7. The van der Waals surface area contributed by atoms with E-state index in [9.17, 15) is 28.8 Å². The van der Waals surface area contributed by atoms with Crippen LogP contribution in [0.3, 0.4) is 0 Å². The normalized spacial score (nSPS) is 14.4. The number of benzene rings is 8. The minimum absolute atomic E-state index is 0.0433. The molecule has 0 radical (unpaired) electrons. The van der Waals surface area contributed by atoms with Gasteiger partial charge in [0.1, 0.15) is 29.0 Å². The van der Waals surface area contributed by atoms with Crippen LogP contribution < -0.4 is 78.8 Å². The van der Waals surface area contributed by atoms with Gasteiger partial charge in [-0.05, 0) is 272 Å². The summed E-state index contributed by atoms with van der Waals surface area (Å²) in [4.78, 5) is 115. The van der Waals surface area contributed by atoms with Crippen LogP contribution in [0, 0.1) is 59.3 Å². The Morgan fingerprint density at radius 1 is 0.406 bits per heavy atom. The van der Waals surface area contributed by atoms with E-state index >= 15 is 0 Å². The first-order valence-corrected chi connectivity index (χ1v) is 45.8. The van der Waals surface area contributed by atoms with E-state index in [2.05, 4.69) is 221 Å². The number of hydrogen-bond donors (Lipinski definition) is 13. The molecule has 0 atom stereocenters. The molecule has 12 aromatic rings. The van der Waals surface area contributed by atoms with Gasteiger partial charge < -0.3 is 93.5 Å². The minimum Gasteiger partial charge on any atom is -0.496 e. The zero-order chi connectivity index (χ0) is 97.5. The summed E-state index contributed by atoms with van der Waals surface area (Å²) in [5, 5.41) is 41.1. The Kier molecular flexibility index (Phi) is 30.0. The molecule has 6 amide bonds. The van der Waals surface area contributed by atoms with Gasteiger partial charge in [0, 0.05) is 210 Å². The molecule has 8 aromatic carbocycles. The van der Waals surface area contributed by atoms with Crippen molar-refractivity contribution in [2.75, 3.05) is 135 Å². The predicted octanol–water partition coefficient (Wildman–Crippen LogP) is 18.5. The predicted molar refractivity (Wildman–Crippen MR) is 550 cm³/mol. The molecule has 708 valence electrons. The molecule has 6 aliphatic rings. The van der Waals surface area contributed by atoms with Crippen molar-refractivity contribution in [1.82, 2.24) is 59.9 Å². The Morgan fingerprint density at radius 3 is 1.21 bits per heavy atom. The molecule has 13 N–H and O–H groups in total. The van der Waals surface area contributed by atoms with E-state index in [1.165, 1.54) is 59.8 Å². The number of anilines is 21. The van der Waals surface area contributed by atoms with Gasteiger partial charge in [-0.3, -0.25) is 28.8 Å². The number of likely N-dealkylation sites (tertiary alicyclic amines) is 2. The fourth-order valence-electron chi connectivity index (χ4n) is 17.8. The smallest absolute Gasteiger partial charge is 0.247 e. The van der Waals surface area contributed by atoms with Gasteiger partial charge in [0.15, 0.2) is 0 Å². The standard InChI is InChI=1S/C29H32N6O2.C27H31N7O.C26H28N6O3.C24H26N6O/c1-5-26(37)31-23-7-6-8-24(12-23)32-27-19(3)15-30-28(34-27)33-25-10-9-21(11-18(25)2)22-13-29(14-22)16-35(17-29)20(4)36;1-5-24(35)29-20-7-6-8-21(12-20)30-25-19(3)13-28-26(32-25)31-23-10-9-22(11-18(23)2)34-16-27(17-34)14-33(4)15-27;1-5-24(34)28-18-7-6-8-19(13-18)29-25-16(2)14-27-26(31-25)30-22-9-10-23(35-4)21-15-32(17(3)33)12-11-20(21)22;1-4-22(31)27-19-6-5-7-20(12-19)28-23-16(3)13-26-24(30-23)29-21-11-17-8-9-25-14-18(17)10-15(21)2/h5-12,15,22H,1,13-14,16-17H2,2-4H3,(H,31,37)(H2,30,32,33,34);5-13H,1,14-17H2,2-4H3,(H,29,35)(H2,28,30,31,32);5-10,13-14H,1,11-12,15H2,2-4H3,(H,28,34)(H2,27,29,30,31);4-7,10-13,25H,1,8-9,14H2,2-3H3,(H,27,31)(H2,26,28,29,30). The molecule has 2 spiro atoms. The molecule has 9 heterocycles. The summed E-state index contributed by atoms with van der Waals surface area (Å²) in [5.74, 6) is 5.20. The van der Waals surface area contributed by atoms with Crippen molar-refractivity contribution in [2.24, 2.45) is 10.8 Å². The van der Waals surface area contributed by atoms with Crippen molar-refractivity contribution in [3.05, 3.63) is 300 Å². The van der Waals surface area contributed by atoms with Crippen molar-refractivity contribution in [3.8, 4) is 5.75 Å². The first kappa shape index (κ1) is 96.4. The lowest BCUT2D eigenvalue weighted by molar-refractivity contribution is -0.149. The third-order valence-corrected chi connectivity index (χ3v) is 25.1. The van der Waals surface area contributed by atoms with Crippen molar-refractivity contribution >= 4 is 156 Å². The summed E-state index contributed by atoms with van der Waals surface area (Å²) in [6.07, 6.45) is 16.1. The molecule has 0 bridgehead atoms. The Bertz CT molecular complexity index is 6650. The summed E-state index contributed by atoms with van der Waals surface area (Å²) in [6, 6.07) is 51.0. The van der Waals surface area contributed by atoms with Crippen LogP contribution in [-0.4, -0.2) is 157 Å². The molecule has 4 fully saturated rings. The van der Waals surface area contributed by atoms with E-state index in [0.29, 0.717) is 106 Å². The lowest BCUT2D eigenvalue weighted by atomic mass is 9.56. The van der Waals surface area contributed by atoms with Crippen LogP contribution in [-0.2, 0) is 54.7 Å². The Hall–Kier alpha value is -16.2. The van der Waals surface area contributed by atoms with E-state index in [-0.39, 0.29) is 35.4 Å². The van der Waals surface area contributed by atoms with Crippen molar-refractivity contribution in [3.63, 3.8) is 0 Å². The molecule has 1 saturated carbocycles. The van der Waals surface area contributed by atoms with Crippen molar-refractivity contribution < 1.29 is 33.5 Å². The van der Waals surface area contributed by atoms with Crippen LogP contribution in [0.5, 0.6) is 5.75 Å². The van der Waals surface area contributed by atoms with E-state index < -0.39 is 0 Å². The highest BCUT2D eigenvalue weighted by Crippen LogP contribution is 2.56. The fraction of sp³-hybridized carbons (Fsp3) is 0.264. The monoisotopic (exact) mass is 1850 g/mol. The molecular formula is C106H117N25O7. The second kappa shape index (κ2) is 43.0. The van der Waals surface area contributed by atoms with E-state index in [1.807, 2.05) is 141 Å². The summed E-state index contributed by atoms with van der Waals surface area (Å²) >= 11 is 0. The van der Waals surface area contributed by atoms with Crippen LogP contribution in [0.4, 0.5) is 121 Å². The number of carbonyl (C=O) groups excluding carboxylic acids is 6. The molecule has 18 rings (SSSR count). The van der Waals surface area contributed by atoms with Gasteiger partial charge in [-0.2, -0.15) is 19.9 Å². The molecular weight excluding hydrogens is 1740 g/mol. The summed E-state index contributed by atoms with van der Waals surface area (Å²) in [6.45, 7) is 40.8. The maximum Gasteiger partial charge on any atom is 0.247 e. The van der Waals surface area contributed by atoms with Gasteiger partial charge in [-0.25, -0.2) is 19.9 Å². The van der Waals surface area contributed by atoms with Crippen LogP contribution in [0.2, 0.25) is 0 Å². The van der Waals surface area contributed by atoms with Crippen molar-refractivity contribution in [2.45, 2.75) is 107 Å². The SMILES string of the molecule is C=CC(=O)Nc1cccc(Nc2nc(Nc3cc4c(cc3C)CNCC4)ncc2C)c1.C=CC(=O)Nc1cccc(Nc2nc(Nc3ccc(C4CC5(C4)CN(C(C)=O)C5)cc3C)ncc2C)c1.C=CC(=O)Nc1cccc(Nc2nc(Nc3ccc(N4CC5(CN(C)C5)C4)cc3C)ncc2C)c1.C=CC(=O)Nc1cccc(Nc2nc(Nc3ccc(OC)c4c3CCN(C(C)=O)C4)ncc2C)c1. The van der Waals surface area contributed by atoms with Gasteiger partial charge in [-0.1, -0.05) is 68.8 Å². The maximum absolute atomic E-state index is 11.9. The van der Waals surface area contributed by atoms with Gasteiger partial charge >= 0.3 is 0 Å². The highest BCUT2D eigenvalue weighted by molar-refractivity contribution is 6.01. The molecule has 32 heteroatoms. The van der Waals surface area contributed by atoms with Crippen LogP contribution in [0.15, 0.2) is 233 Å². The summed E-state index contributed by atoms with van der Waals surface area (Å²) < 4.78 is 5.55. The highest BCUT2D eigenvalue weighted by atomic mass is 16.5. The third kappa shape index (κ3) is 24.1. The molecule has 0 unspecified atom stereocenters. The first-order chi connectivity index (χ1) is 66.4. The third-order valence-electron chi connectivity index (χ3n) is 25.1. The Morgan fingerprint density at radius 2 is 0.804 bits per heavy atom. The number of amides is 6. The minimum atomic E-state index is -0.277. The van der Waals surface area contributed by atoms with E-state index in [4.69, 9.17) is 4.74 Å². The number of fused-ring (bicyclic) bond motifs is 2. The van der Waals surface area contributed by atoms with Gasteiger partial charge in [-0.15, -0.1) is 0 Å². The molecule has 3 saturated heterocycles. The maximum atomic E-state index is 11.9. The second-order valence-electron chi connectivity index (χ2n) is 35.9. The van der Waals surface area contributed by atoms with Crippen molar-refractivity contribution in [1.29, 1.82) is 0 Å². The number of aryl methyl sites for hydroxylation is 7. The number of nitrogens with one attached hydrogen (secondary N) is 13. The van der Waals surface area contributed by atoms with Gasteiger partial charge in [0.05, 0.1) is 7.11 Å². The quantitative estimate of drug-likeness (QED) is 0.0213. The summed E-state index contributed by atoms with van der Waals surface area (Å²) in [7, 11) is 3.82. The van der Waals surface area contributed by atoms with Crippen LogP contribution in [0.1, 0.15) is 99.4 Å². The molecule has 32 nitrogen and oxygen atoms in total. The van der Waals surface area contributed by atoms with E-state index in [0.717, 1.165) is 160 Å². The largest absolute Gasteiger partial charge is 0.496 e. The molecule has 1 aliphatic carbocycles. The summed E-state index contributed by atoms with van der Waals surface area (Å²) in [5.41, 5.74) is 25.0. The van der Waals surface area contributed by atoms with E-state index in [1.54, 1.807) is 51.8 Å². The lowest BCUT2D eigenvalue weighted by Gasteiger charge is -2.60. The number of rotatable bonds is 27. The Balaban J connectivity index is 0.000000140. The number of ether oxygens (including phenoxy) is 1. The average molecular weight is 1850 g/mol. The zero-order valence-electron chi connectivity index (χ0n) is 79.7. The van der Waals surface area contributed by atoms with Gasteiger partial charge in [0.25, 0.3) is 0 Å². The number of nitrogens with zero attached hydrogens (tertiary/aromatic N) is 12. The van der Waals surface area contributed by atoms with Crippen LogP contribution in [0.25, 0.3) is 0 Å². The molecule has 138 heavy (non-hydrogen) atoms. The topological polar surface area (TPSA) is 384 Å². The molecule has 5 aliphatic heterocycles. The van der Waals surface area contributed by atoms with Gasteiger partial charge in [0.2, 0.25) is 59.2 Å². The fourth-order valence-corrected chi connectivity index (χ4v) is 17.8. The van der Waals surface area contributed by atoms with Crippen LogP contribution >= 0.6 is 0 Å². The molecule has 4 aromatic heterocycles. The number of carbonyl (C=O) groups is 6. The average Bonchev–Trinajstić information content (AvgIpc) is 0.737. The number of methoxy groups -OCH3 is 1. The Labute approximate surface area is 804 Å². The second-order valence-corrected chi connectivity index (χ2v) is 35.9. The number of aromatic nitrogens is 8. The highest BCUT2D eigenvalue weighted by Gasteiger charge is 2.53.